The number of hydrogen-bond acceptors (Lipinski definition) is 4. The van der Waals surface area contributed by atoms with Crippen LogP contribution in [-0.2, 0) is 11.4 Å². The molecule has 1 heterocycles. The highest BCUT2D eigenvalue weighted by atomic mass is 16.6. The van der Waals surface area contributed by atoms with Crippen LogP contribution in [0.3, 0.4) is 0 Å². The third-order valence-electron chi connectivity index (χ3n) is 1.72. The van der Waals surface area contributed by atoms with Crippen LogP contribution in [0.15, 0.2) is 34.2 Å². The fourth-order valence-electron chi connectivity index (χ4n) is 1.11. The van der Waals surface area contributed by atoms with Crippen molar-refractivity contribution >= 4 is 17.8 Å². The second-order valence-corrected chi connectivity index (χ2v) is 2.56. The molecule has 0 bridgehead atoms. The van der Waals surface area contributed by atoms with Crippen LogP contribution in [0.2, 0.25) is 0 Å². The summed E-state index contributed by atoms with van der Waals surface area (Å²) in [5.74, 6) is 0. The van der Waals surface area contributed by atoms with Crippen molar-refractivity contribution < 1.29 is 9.25 Å². The summed E-state index contributed by atoms with van der Waals surface area (Å²) in [5.41, 5.74) is 2.59. The van der Waals surface area contributed by atoms with Gasteiger partial charge in [-0.25, -0.2) is 4.98 Å². The molecule has 1 aromatic carbocycles. The van der Waals surface area contributed by atoms with Gasteiger partial charge in [0.1, 0.15) is 12.1 Å². The van der Waals surface area contributed by atoms with E-state index in [1.165, 1.54) is 6.39 Å². The van der Waals surface area contributed by atoms with Crippen LogP contribution < -0.4 is 0 Å². The van der Waals surface area contributed by atoms with E-state index in [1.807, 2.05) is 18.2 Å². The van der Waals surface area contributed by atoms with Gasteiger partial charge in [0.05, 0.1) is 0 Å². The maximum Gasteiger partial charge on any atom is 0.181 e. The molecule has 0 radical (unpaired) electrons. The standard InChI is InChI=1S/C9H8N2O2/c1-10-13-5-7-2-3-9-8(4-7)11-6-12-9/h2-4,6H,1,5H2. The fraction of sp³-hybridized carbons (Fsp3) is 0.111. The van der Waals surface area contributed by atoms with Crippen LogP contribution >= 0.6 is 0 Å². The van der Waals surface area contributed by atoms with Crippen LogP contribution in [0, 0.1) is 0 Å². The van der Waals surface area contributed by atoms with Gasteiger partial charge in [-0.1, -0.05) is 6.07 Å². The Morgan fingerprint density at radius 1 is 1.54 bits per heavy atom. The molecular formula is C9H8N2O2. The summed E-state index contributed by atoms with van der Waals surface area (Å²) in [5, 5.41) is 3.30. The lowest BCUT2D eigenvalue weighted by Gasteiger charge is -1.97. The Kier molecular flexibility index (Phi) is 1.96. The maximum atomic E-state index is 5.09. The molecule has 0 saturated heterocycles. The summed E-state index contributed by atoms with van der Waals surface area (Å²) >= 11 is 0. The van der Waals surface area contributed by atoms with Crippen molar-refractivity contribution in [3.05, 3.63) is 30.2 Å². The zero-order valence-corrected chi connectivity index (χ0v) is 6.93. The second kappa shape index (κ2) is 3.26. The zero-order chi connectivity index (χ0) is 9.10. The van der Waals surface area contributed by atoms with Crippen molar-refractivity contribution in [1.29, 1.82) is 0 Å². The van der Waals surface area contributed by atoms with E-state index in [0.717, 1.165) is 16.7 Å². The van der Waals surface area contributed by atoms with Crippen LogP contribution in [0.25, 0.3) is 11.1 Å². The summed E-state index contributed by atoms with van der Waals surface area (Å²) in [6.07, 6.45) is 1.42. The first-order valence-corrected chi connectivity index (χ1v) is 3.80. The van der Waals surface area contributed by atoms with Gasteiger partial charge < -0.3 is 9.25 Å². The second-order valence-electron chi connectivity index (χ2n) is 2.56. The minimum Gasteiger partial charge on any atom is -0.443 e. The molecule has 2 aromatic rings. The van der Waals surface area contributed by atoms with Crippen LogP contribution in [0.1, 0.15) is 5.56 Å². The zero-order valence-electron chi connectivity index (χ0n) is 6.93. The van der Waals surface area contributed by atoms with Crippen molar-refractivity contribution in [3.63, 3.8) is 0 Å². The van der Waals surface area contributed by atoms with E-state index in [9.17, 15) is 0 Å². The minimum atomic E-state index is 0.409. The summed E-state index contributed by atoms with van der Waals surface area (Å²) in [7, 11) is 0. The molecule has 13 heavy (non-hydrogen) atoms. The Morgan fingerprint density at radius 2 is 2.46 bits per heavy atom. The summed E-state index contributed by atoms with van der Waals surface area (Å²) < 4.78 is 5.09. The molecule has 0 fully saturated rings. The molecule has 0 amide bonds. The largest absolute Gasteiger partial charge is 0.443 e. The fourth-order valence-corrected chi connectivity index (χ4v) is 1.11. The van der Waals surface area contributed by atoms with Gasteiger partial charge >= 0.3 is 0 Å². The normalized spacial score (nSPS) is 10.2. The SMILES string of the molecule is C=NOCc1ccc2ocnc2c1. The smallest absolute Gasteiger partial charge is 0.181 e. The minimum absolute atomic E-state index is 0.409. The Labute approximate surface area is 74.8 Å². The third-order valence-corrected chi connectivity index (χ3v) is 1.72. The van der Waals surface area contributed by atoms with Gasteiger partial charge in [0.2, 0.25) is 0 Å². The van der Waals surface area contributed by atoms with Gasteiger partial charge in [0.25, 0.3) is 0 Å². The van der Waals surface area contributed by atoms with Gasteiger partial charge in [0.15, 0.2) is 12.0 Å². The van der Waals surface area contributed by atoms with Crippen molar-refractivity contribution in [3.8, 4) is 0 Å². The molecule has 2 rings (SSSR count). The highest BCUT2D eigenvalue weighted by Crippen LogP contribution is 2.14. The molecule has 0 unspecified atom stereocenters. The Hall–Kier alpha value is -1.84. The number of aromatic nitrogens is 1. The number of oxime groups is 1. The third kappa shape index (κ3) is 1.51. The molecule has 0 N–H and O–H groups in total. The molecule has 4 heteroatoms. The average Bonchev–Trinajstić information content (AvgIpc) is 2.61. The van der Waals surface area contributed by atoms with E-state index in [1.54, 1.807) is 0 Å². The number of nitrogens with zero attached hydrogens (tertiary/aromatic N) is 2. The summed E-state index contributed by atoms with van der Waals surface area (Å²) in [6.45, 7) is 3.63. The number of benzene rings is 1. The van der Waals surface area contributed by atoms with E-state index in [4.69, 9.17) is 9.25 Å². The lowest BCUT2D eigenvalue weighted by atomic mass is 10.2. The van der Waals surface area contributed by atoms with Gasteiger partial charge in [0, 0.05) is 6.72 Å². The highest BCUT2D eigenvalue weighted by molar-refractivity contribution is 5.72. The maximum absolute atomic E-state index is 5.09. The van der Waals surface area contributed by atoms with Crippen molar-refractivity contribution in [1.82, 2.24) is 4.98 Å². The number of hydrogen-bond donors (Lipinski definition) is 0. The van der Waals surface area contributed by atoms with Crippen LogP contribution in [0.4, 0.5) is 0 Å². The van der Waals surface area contributed by atoms with Gasteiger partial charge in [-0.05, 0) is 17.7 Å². The first-order valence-electron chi connectivity index (χ1n) is 3.80. The average molecular weight is 176 g/mol. The number of fused-ring (bicyclic) bond motifs is 1. The van der Waals surface area contributed by atoms with Gasteiger partial charge in [-0.2, -0.15) is 0 Å². The van der Waals surface area contributed by atoms with Gasteiger partial charge in [-0.15, -0.1) is 5.16 Å². The summed E-state index contributed by atoms with van der Waals surface area (Å²) in [4.78, 5) is 8.82. The van der Waals surface area contributed by atoms with Crippen LogP contribution in [0.5, 0.6) is 0 Å². The predicted molar refractivity (Wildman–Crippen MR) is 48.3 cm³/mol. The molecule has 0 spiro atoms. The highest BCUT2D eigenvalue weighted by Gasteiger charge is 1.99. The van der Waals surface area contributed by atoms with Crippen LogP contribution in [-0.4, -0.2) is 11.7 Å². The molecule has 0 aliphatic rings. The number of rotatable bonds is 3. The Bertz CT molecular complexity index is 422. The Balaban J connectivity index is 2.31. The van der Waals surface area contributed by atoms with E-state index in [0.29, 0.717) is 6.61 Å². The molecule has 0 aliphatic carbocycles. The van der Waals surface area contributed by atoms with E-state index in [2.05, 4.69) is 16.9 Å². The molecule has 1 aromatic heterocycles. The molecule has 0 atom stereocenters. The van der Waals surface area contributed by atoms with E-state index in [-0.39, 0.29) is 0 Å². The number of oxazole rings is 1. The van der Waals surface area contributed by atoms with Crippen molar-refractivity contribution in [2.24, 2.45) is 5.16 Å². The van der Waals surface area contributed by atoms with E-state index < -0.39 is 0 Å². The van der Waals surface area contributed by atoms with E-state index >= 15 is 0 Å². The summed E-state index contributed by atoms with van der Waals surface area (Å²) in [6, 6.07) is 5.65. The predicted octanol–water partition coefficient (Wildman–Crippen LogP) is 1.96. The monoisotopic (exact) mass is 176 g/mol. The molecule has 0 saturated carbocycles. The molecule has 0 aliphatic heterocycles. The topological polar surface area (TPSA) is 47.6 Å². The van der Waals surface area contributed by atoms with Crippen molar-refractivity contribution in [2.75, 3.05) is 0 Å². The quantitative estimate of drug-likeness (QED) is 0.530. The molecule has 4 nitrogen and oxygen atoms in total. The first-order chi connectivity index (χ1) is 6.40. The molecular weight excluding hydrogens is 168 g/mol. The Morgan fingerprint density at radius 3 is 3.31 bits per heavy atom. The van der Waals surface area contributed by atoms with Crippen molar-refractivity contribution in [2.45, 2.75) is 6.61 Å². The lowest BCUT2D eigenvalue weighted by molar-refractivity contribution is 0.133. The van der Waals surface area contributed by atoms with Gasteiger partial charge in [-0.3, -0.25) is 0 Å². The lowest BCUT2D eigenvalue weighted by Crippen LogP contribution is -1.85. The molecule has 66 valence electrons. The first kappa shape index (κ1) is 7.79.